The van der Waals surface area contributed by atoms with Crippen molar-refractivity contribution in [3.63, 3.8) is 0 Å². The zero-order chi connectivity index (χ0) is 18.2. The standard InChI is InChI=1S/C21H29FO3/c1-4-21(25)10-6-13-17-12(5-9-20(13,21)3)19(2)8-7-15(23)18(22)14(19)11-16(17)24/h1,12-13,15-17,23-25H,5-11H2,2-3H3/t12-,13-,15+,16-,17+,19+,20-,21-/m0/s1. The molecule has 4 rings (SSSR count). The molecule has 138 valence electrons. The SMILES string of the molecule is C#C[C@]1(O)CC[C@H]2[C@@H]3[C@@H](O)CC4=C(F)[C@H](O)CC[C@]4(C)[C@H]3CC[C@@]21C. The van der Waals surface area contributed by atoms with Gasteiger partial charge in [-0.05, 0) is 73.7 Å². The number of aliphatic hydroxyl groups excluding tert-OH is 2. The van der Waals surface area contributed by atoms with E-state index in [0.29, 0.717) is 24.8 Å². The summed E-state index contributed by atoms with van der Waals surface area (Å²) in [4.78, 5) is 0. The number of aliphatic hydroxyl groups is 3. The maximum Gasteiger partial charge on any atom is 0.130 e. The van der Waals surface area contributed by atoms with E-state index in [-0.39, 0.29) is 28.6 Å². The molecule has 0 saturated heterocycles. The molecule has 4 aliphatic carbocycles. The molecule has 0 heterocycles. The number of hydrogen-bond acceptors (Lipinski definition) is 3. The van der Waals surface area contributed by atoms with Crippen LogP contribution in [0.2, 0.25) is 0 Å². The van der Waals surface area contributed by atoms with E-state index in [1.54, 1.807) is 0 Å². The lowest BCUT2D eigenvalue weighted by Crippen LogP contribution is -2.58. The van der Waals surface area contributed by atoms with Gasteiger partial charge in [0, 0.05) is 5.41 Å². The highest BCUT2D eigenvalue weighted by atomic mass is 19.1. The minimum Gasteiger partial charge on any atom is -0.392 e. The minimum atomic E-state index is -1.10. The molecule has 3 N–H and O–H groups in total. The highest BCUT2D eigenvalue weighted by molar-refractivity contribution is 5.32. The van der Waals surface area contributed by atoms with Crippen molar-refractivity contribution in [2.45, 2.75) is 76.6 Å². The molecule has 0 aromatic heterocycles. The fourth-order valence-electron chi connectivity index (χ4n) is 7.00. The van der Waals surface area contributed by atoms with Crippen molar-refractivity contribution in [1.82, 2.24) is 0 Å². The van der Waals surface area contributed by atoms with Gasteiger partial charge in [0.2, 0.25) is 0 Å². The second kappa shape index (κ2) is 5.31. The minimum absolute atomic E-state index is 0.0397. The molecule has 0 radical (unpaired) electrons. The summed E-state index contributed by atoms with van der Waals surface area (Å²) in [5.74, 6) is 2.61. The highest BCUT2D eigenvalue weighted by Crippen LogP contribution is 2.67. The van der Waals surface area contributed by atoms with Gasteiger partial charge in [0.15, 0.2) is 0 Å². The highest BCUT2D eigenvalue weighted by Gasteiger charge is 2.65. The van der Waals surface area contributed by atoms with Crippen LogP contribution < -0.4 is 0 Å². The van der Waals surface area contributed by atoms with Gasteiger partial charge in [-0.3, -0.25) is 0 Å². The Kier molecular flexibility index (Phi) is 3.72. The monoisotopic (exact) mass is 348 g/mol. The molecule has 0 bridgehead atoms. The van der Waals surface area contributed by atoms with Crippen LogP contribution in [-0.4, -0.2) is 33.1 Å². The molecular weight excluding hydrogens is 319 g/mol. The van der Waals surface area contributed by atoms with Crippen molar-refractivity contribution >= 4 is 0 Å². The van der Waals surface area contributed by atoms with Crippen LogP contribution in [0, 0.1) is 40.9 Å². The molecule has 3 saturated carbocycles. The first-order valence-corrected chi connectivity index (χ1v) is 9.63. The average Bonchev–Trinajstić information content (AvgIpc) is 2.86. The molecule has 4 aliphatic rings. The average molecular weight is 348 g/mol. The lowest BCUT2D eigenvalue weighted by atomic mass is 9.45. The maximum absolute atomic E-state index is 14.7. The van der Waals surface area contributed by atoms with E-state index >= 15 is 0 Å². The molecular formula is C21H29FO3. The van der Waals surface area contributed by atoms with Crippen molar-refractivity contribution in [2.75, 3.05) is 0 Å². The Morgan fingerprint density at radius 1 is 1.08 bits per heavy atom. The van der Waals surface area contributed by atoms with Crippen LogP contribution in [0.4, 0.5) is 4.39 Å². The first kappa shape index (κ1) is 17.5. The molecule has 0 unspecified atom stereocenters. The molecule has 0 aromatic rings. The predicted molar refractivity (Wildman–Crippen MR) is 92.9 cm³/mol. The smallest absolute Gasteiger partial charge is 0.130 e. The number of terminal acetylenes is 1. The van der Waals surface area contributed by atoms with Gasteiger partial charge in [-0.1, -0.05) is 19.8 Å². The molecule has 0 spiro atoms. The van der Waals surface area contributed by atoms with Crippen LogP contribution in [-0.2, 0) is 0 Å². The molecule has 25 heavy (non-hydrogen) atoms. The van der Waals surface area contributed by atoms with E-state index in [4.69, 9.17) is 6.42 Å². The van der Waals surface area contributed by atoms with Crippen molar-refractivity contribution < 1.29 is 19.7 Å². The normalized spacial score (nSPS) is 55.2. The summed E-state index contributed by atoms with van der Waals surface area (Å²) in [5.41, 5.74) is -1.15. The summed E-state index contributed by atoms with van der Waals surface area (Å²) in [5, 5.41) is 31.9. The van der Waals surface area contributed by atoms with E-state index in [1.807, 2.05) is 0 Å². The fraction of sp³-hybridized carbons (Fsp3) is 0.810. The molecule has 3 nitrogen and oxygen atoms in total. The van der Waals surface area contributed by atoms with Crippen LogP contribution in [0.1, 0.15) is 58.8 Å². The van der Waals surface area contributed by atoms with Crippen molar-refractivity contribution in [2.24, 2.45) is 28.6 Å². The maximum atomic E-state index is 14.7. The summed E-state index contributed by atoms with van der Waals surface area (Å²) in [6.07, 6.45) is 8.56. The van der Waals surface area contributed by atoms with E-state index in [2.05, 4.69) is 19.8 Å². The fourth-order valence-corrected chi connectivity index (χ4v) is 7.00. The zero-order valence-corrected chi connectivity index (χ0v) is 15.1. The third-order valence-electron chi connectivity index (χ3n) is 8.61. The van der Waals surface area contributed by atoms with E-state index in [9.17, 15) is 19.7 Å². The quantitative estimate of drug-likeness (QED) is 0.590. The van der Waals surface area contributed by atoms with E-state index in [1.165, 1.54) is 0 Å². The number of hydrogen-bond donors (Lipinski definition) is 3. The third-order valence-corrected chi connectivity index (χ3v) is 8.61. The number of rotatable bonds is 0. The molecule has 0 aliphatic heterocycles. The lowest BCUT2D eigenvalue weighted by molar-refractivity contribution is -0.138. The van der Waals surface area contributed by atoms with Gasteiger partial charge in [0.05, 0.1) is 6.10 Å². The van der Waals surface area contributed by atoms with Crippen LogP contribution >= 0.6 is 0 Å². The molecule has 4 heteroatoms. The van der Waals surface area contributed by atoms with Gasteiger partial charge < -0.3 is 15.3 Å². The lowest BCUT2D eigenvalue weighted by Gasteiger charge is -2.60. The Labute approximate surface area is 149 Å². The Bertz CT molecular complexity index is 667. The molecule has 0 amide bonds. The first-order chi connectivity index (χ1) is 11.7. The Balaban J connectivity index is 1.76. The Morgan fingerprint density at radius 3 is 2.44 bits per heavy atom. The number of fused-ring (bicyclic) bond motifs is 5. The van der Waals surface area contributed by atoms with Crippen molar-refractivity contribution in [1.29, 1.82) is 0 Å². The summed E-state index contributed by atoms with van der Waals surface area (Å²) in [7, 11) is 0. The Morgan fingerprint density at radius 2 is 1.76 bits per heavy atom. The van der Waals surface area contributed by atoms with Crippen LogP contribution in [0.15, 0.2) is 11.4 Å². The zero-order valence-electron chi connectivity index (χ0n) is 15.1. The third kappa shape index (κ3) is 2.04. The summed E-state index contributed by atoms with van der Waals surface area (Å²) in [6, 6.07) is 0. The van der Waals surface area contributed by atoms with Crippen LogP contribution in [0.25, 0.3) is 0 Å². The van der Waals surface area contributed by atoms with Gasteiger partial charge in [0.1, 0.15) is 17.5 Å². The van der Waals surface area contributed by atoms with Gasteiger partial charge in [-0.25, -0.2) is 4.39 Å². The van der Waals surface area contributed by atoms with Crippen molar-refractivity contribution in [3.05, 3.63) is 11.4 Å². The predicted octanol–water partition coefficient (Wildman–Crippen LogP) is 2.94. The first-order valence-electron chi connectivity index (χ1n) is 9.63. The van der Waals surface area contributed by atoms with Crippen LogP contribution in [0.5, 0.6) is 0 Å². The van der Waals surface area contributed by atoms with Crippen LogP contribution in [0.3, 0.4) is 0 Å². The van der Waals surface area contributed by atoms with Crippen molar-refractivity contribution in [3.8, 4) is 12.3 Å². The summed E-state index contributed by atoms with van der Waals surface area (Å²) in [6.45, 7) is 4.19. The summed E-state index contributed by atoms with van der Waals surface area (Å²) >= 11 is 0. The molecule has 8 atom stereocenters. The van der Waals surface area contributed by atoms with Gasteiger partial charge in [-0.2, -0.15) is 0 Å². The van der Waals surface area contributed by atoms with E-state index < -0.39 is 23.6 Å². The van der Waals surface area contributed by atoms with Gasteiger partial charge in [0.25, 0.3) is 0 Å². The summed E-state index contributed by atoms with van der Waals surface area (Å²) < 4.78 is 14.7. The molecule has 3 fully saturated rings. The van der Waals surface area contributed by atoms with E-state index in [0.717, 1.165) is 25.7 Å². The van der Waals surface area contributed by atoms with Gasteiger partial charge in [-0.15, -0.1) is 6.42 Å². The Hall–Kier alpha value is -0.890. The largest absolute Gasteiger partial charge is 0.392 e. The second-order valence-corrected chi connectivity index (χ2v) is 9.36. The molecule has 0 aromatic carbocycles. The topological polar surface area (TPSA) is 60.7 Å². The second-order valence-electron chi connectivity index (χ2n) is 9.36. The number of halogens is 1. The van der Waals surface area contributed by atoms with Gasteiger partial charge >= 0.3 is 0 Å².